The molecule has 0 saturated carbocycles. The third-order valence-electron chi connectivity index (χ3n) is 13.8. The molecule has 0 aliphatic carbocycles. The van der Waals surface area contributed by atoms with Gasteiger partial charge in [0.2, 0.25) is 0 Å². The number of hydrogen-bond acceptors (Lipinski definition) is 6. The zero-order valence-electron chi connectivity index (χ0n) is 47.5. The molecule has 0 radical (unpaired) electrons. The van der Waals surface area contributed by atoms with Crippen molar-refractivity contribution in [3.8, 4) is 0 Å². The molecule has 0 saturated heterocycles. The van der Waals surface area contributed by atoms with Crippen molar-refractivity contribution in [2.45, 2.75) is 335 Å². The Hall–Kier alpha value is -2.63. The molecule has 0 aromatic heterocycles. The maximum atomic E-state index is 12.9. The molecule has 0 bridgehead atoms. The molecular formula is C65H118O6. The Labute approximate surface area is 441 Å². The third kappa shape index (κ3) is 58.1. The van der Waals surface area contributed by atoms with Crippen LogP contribution in [-0.4, -0.2) is 37.2 Å². The van der Waals surface area contributed by atoms with Crippen LogP contribution in [0.3, 0.4) is 0 Å². The predicted octanol–water partition coefficient (Wildman–Crippen LogP) is 21.0. The lowest BCUT2D eigenvalue weighted by Crippen LogP contribution is -2.30. The smallest absolute Gasteiger partial charge is 0.306 e. The van der Waals surface area contributed by atoms with E-state index in [2.05, 4.69) is 69.4 Å². The minimum Gasteiger partial charge on any atom is -0.462 e. The molecule has 0 rings (SSSR count). The average molecular weight is 996 g/mol. The molecule has 0 fully saturated rings. The van der Waals surface area contributed by atoms with Gasteiger partial charge >= 0.3 is 17.9 Å². The Morgan fingerprint density at radius 1 is 0.282 bits per heavy atom. The van der Waals surface area contributed by atoms with Crippen molar-refractivity contribution in [2.75, 3.05) is 13.2 Å². The Balaban J connectivity index is 4.36. The van der Waals surface area contributed by atoms with Crippen LogP contribution in [0.1, 0.15) is 329 Å². The molecule has 0 amide bonds. The molecule has 1 unspecified atom stereocenters. The standard InChI is InChI=1S/C65H118O6/c1-4-7-10-13-16-19-22-25-28-31-32-33-35-37-40-43-46-49-52-55-58-64(67)70-61-62(60-69-63(66)57-54-51-48-45-42-39-36-30-27-24-21-18-15-12-9-6-3)71-65(68)59-56-53-50-47-44-41-38-34-29-26-23-20-17-14-11-8-5-2/h17,20-21,24,26,29-30,36,62H,4-16,18-19,22-23,25,27-28,31-35,37-61H2,1-3H3/b20-17-,24-21-,29-26-,36-30-. The summed E-state index contributed by atoms with van der Waals surface area (Å²) in [6.07, 6.45) is 73.9. The van der Waals surface area contributed by atoms with Crippen LogP contribution >= 0.6 is 0 Å². The number of esters is 3. The van der Waals surface area contributed by atoms with Crippen LogP contribution in [0.25, 0.3) is 0 Å². The van der Waals surface area contributed by atoms with Gasteiger partial charge in [0, 0.05) is 19.3 Å². The van der Waals surface area contributed by atoms with Crippen LogP contribution in [-0.2, 0) is 28.6 Å². The summed E-state index contributed by atoms with van der Waals surface area (Å²) in [6, 6.07) is 0. The fourth-order valence-electron chi connectivity index (χ4n) is 9.09. The average Bonchev–Trinajstić information content (AvgIpc) is 3.37. The first-order valence-corrected chi connectivity index (χ1v) is 31.1. The van der Waals surface area contributed by atoms with Crippen LogP contribution in [0.4, 0.5) is 0 Å². The highest BCUT2D eigenvalue weighted by molar-refractivity contribution is 5.71. The normalized spacial score (nSPS) is 12.3. The summed E-state index contributed by atoms with van der Waals surface area (Å²) in [4.78, 5) is 38.3. The van der Waals surface area contributed by atoms with Gasteiger partial charge in [-0.15, -0.1) is 0 Å². The van der Waals surface area contributed by atoms with E-state index < -0.39 is 6.10 Å². The van der Waals surface area contributed by atoms with E-state index >= 15 is 0 Å². The van der Waals surface area contributed by atoms with Crippen molar-refractivity contribution in [3.05, 3.63) is 48.6 Å². The second-order valence-electron chi connectivity index (χ2n) is 21.0. The summed E-state index contributed by atoms with van der Waals surface area (Å²) in [7, 11) is 0. The van der Waals surface area contributed by atoms with Gasteiger partial charge in [-0.1, -0.05) is 275 Å². The van der Waals surface area contributed by atoms with Gasteiger partial charge in [-0.2, -0.15) is 0 Å². The fourth-order valence-corrected chi connectivity index (χ4v) is 9.09. The van der Waals surface area contributed by atoms with Crippen molar-refractivity contribution < 1.29 is 28.6 Å². The van der Waals surface area contributed by atoms with Gasteiger partial charge in [-0.05, 0) is 83.5 Å². The number of ether oxygens (including phenoxy) is 3. The number of hydrogen-bond donors (Lipinski definition) is 0. The van der Waals surface area contributed by atoms with Gasteiger partial charge in [0.05, 0.1) is 0 Å². The lowest BCUT2D eigenvalue weighted by Gasteiger charge is -2.18. The van der Waals surface area contributed by atoms with Crippen LogP contribution < -0.4 is 0 Å². The molecule has 1 atom stereocenters. The van der Waals surface area contributed by atoms with Crippen LogP contribution in [0.5, 0.6) is 0 Å². The first-order chi connectivity index (χ1) is 35.0. The van der Waals surface area contributed by atoms with E-state index in [4.69, 9.17) is 14.2 Å². The first kappa shape index (κ1) is 68.4. The zero-order valence-corrected chi connectivity index (χ0v) is 47.5. The lowest BCUT2D eigenvalue weighted by atomic mass is 10.0. The summed E-state index contributed by atoms with van der Waals surface area (Å²) < 4.78 is 16.9. The Morgan fingerprint density at radius 3 is 0.817 bits per heavy atom. The summed E-state index contributed by atoms with van der Waals surface area (Å²) in [5.41, 5.74) is 0. The molecule has 0 heterocycles. The highest BCUT2D eigenvalue weighted by atomic mass is 16.6. The quantitative estimate of drug-likeness (QED) is 0.0261. The van der Waals surface area contributed by atoms with E-state index in [1.54, 1.807) is 0 Å². The maximum Gasteiger partial charge on any atom is 0.306 e. The Kier molecular flexibility index (Phi) is 57.7. The van der Waals surface area contributed by atoms with Crippen LogP contribution in [0.2, 0.25) is 0 Å². The molecule has 0 aromatic carbocycles. The highest BCUT2D eigenvalue weighted by Gasteiger charge is 2.19. The van der Waals surface area contributed by atoms with Gasteiger partial charge in [0.25, 0.3) is 0 Å². The van der Waals surface area contributed by atoms with E-state index in [1.807, 2.05) is 0 Å². The molecular weight excluding hydrogens is 877 g/mol. The van der Waals surface area contributed by atoms with Crippen LogP contribution in [0.15, 0.2) is 48.6 Å². The summed E-state index contributed by atoms with van der Waals surface area (Å²) in [5, 5.41) is 0. The van der Waals surface area contributed by atoms with Crippen molar-refractivity contribution >= 4 is 17.9 Å². The number of carbonyl (C=O) groups excluding carboxylic acids is 3. The molecule has 0 spiro atoms. The van der Waals surface area contributed by atoms with Crippen molar-refractivity contribution in [1.82, 2.24) is 0 Å². The minimum absolute atomic E-state index is 0.0776. The predicted molar refractivity (Wildman–Crippen MR) is 307 cm³/mol. The Morgan fingerprint density at radius 2 is 0.507 bits per heavy atom. The number of rotatable bonds is 57. The molecule has 414 valence electrons. The van der Waals surface area contributed by atoms with Crippen LogP contribution in [0, 0.1) is 0 Å². The van der Waals surface area contributed by atoms with E-state index in [-0.39, 0.29) is 31.1 Å². The second kappa shape index (κ2) is 59.9. The SMILES string of the molecule is CCCCC/C=C\C/C=C\CCCCCCCCCC(=O)OC(COC(=O)CCCCCCC/C=C\C/C=C\CCCCCC)COC(=O)CCCCCCCCCCCCCCCCCCCCCC. The summed E-state index contributed by atoms with van der Waals surface area (Å²) >= 11 is 0. The molecule has 0 aromatic rings. The molecule has 6 nitrogen and oxygen atoms in total. The van der Waals surface area contributed by atoms with Crippen molar-refractivity contribution in [2.24, 2.45) is 0 Å². The van der Waals surface area contributed by atoms with E-state index in [0.29, 0.717) is 19.3 Å². The summed E-state index contributed by atoms with van der Waals surface area (Å²) in [6.45, 7) is 6.63. The summed E-state index contributed by atoms with van der Waals surface area (Å²) in [5.74, 6) is -0.881. The molecule has 0 aliphatic rings. The van der Waals surface area contributed by atoms with Gasteiger partial charge in [0.1, 0.15) is 13.2 Å². The molecule has 6 heteroatoms. The van der Waals surface area contributed by atoms with Gasteiger partial charge in [-0.25, -0.2) is 0 Å². The zero-order chi connectivity index (χ0) is 51.4. The van der Waals surface area contributed by atoms with Gasteiger partial charge < -0.3 is 14.2 Å². The number of allylic oxidation sites excluding steroid dienone is 8. The lowest BCUT2D eigenvalue weighted by molar-refractivity contribution is -0.167. The number of carbonyl (C=O) groups is 3. The number of unbranched alkanes of at least 4 members (excludes halogenated alkanes) is 38. The Bertz CT molecular complexity index is 1230. The molecule has 0 aliphatic heterocycles. The molecule has 71 heavy (non-hydrogen) atoms. The molecule has 0 N–H and O–H groups in total. The maximum absolute atomic E-state index is 12.9. The van der Waals surface area contributed by atoms with E-state index in [0.717, 1.165) is 89.9 Å². The van der Waals surface area contributed by atoms with Crippen molar-refractivity contribution in [3.63, 3.8) is 0 Å². The highest BCUT2D eigenvalue weighted by Crippen LogP contribution is 2.17. The fraction of sp³-hybridized carbons (Fsp3) is 0.831. The largest absolute Gasteiger partial charge is 0.462 e. The third-order valence-corrected chi connectivity index (χ3v) is 13.8. The minimum atomic E-state index is -0.782. The van der Waals surface area contributed by atoms with Gasteiger partial charge in [-0.3, -0.25) is 14.4 Å². The first-order valence-electron chi connectivity index (χ1n) is 31.1. The van der Waals surface area contributed by atoms with E-state index in [1.165, 1.54) is 199 Å². The van der Waals surface area contributed by atoms with Gasteiger partial charge in [0.15, 0.2) is 6.10 Å². The van der Waals surface area contributed by atoms with Crippen molar-refractivity contribution in [1.29, 1.82) is 0 Å². The van der Waals surface area contributed by atoms with E-state index in [9.17, 15) is 14.4 Å². The monoisotopic (exact) mass is 995 g/mol. The topological polar surface area (TPSA) is 78.9 Å². The second-order valence-corrected chi connectivity index (χ2v) is 21.0.